The number of guanidine groups is 1. The lowest BCUT2D eigenvalue weighted by atomic mass is 10.0. The monoisotopic (exact) mass is 415 g/mol. The summed E-state index contributed by atoms with van der Waals surface area (Å²) >= 11 is 1.70. The van der Waals surface area contributed by atoms with E-state index in [1.54, 1.807) is 18.4 Å². The van der Waals surface area contributed by atoms with Crippen LogP contribution in [0, 0.1) is 6.92 Å². The molecule has 158 valence electrons. The lowest BCUT2D eigenvalue weighted by molar-refractivity contribution is 0.164. The first-order valence-electron chi connectivity index (χ1n) is 10.4. The first-order chi connectivity index (χ1) is 14.2. The van der Waals surface area contributed by atoms with E-state index in [1.807, 2.05) is 14.0 Å². The maximum absolute atomic E-state index is 5.33. The highest BCUT2D eigenvalue weighted by molar-refractivity contribution is 7.09. The number of nitrogens with zero attached hydrogens (tertiary/aromatic N) is 3. The first-order valence-corrected chi connectivity index (χ1v) is 11.3. The van der Waals surface area contributed by atoms with Gasteiger partial charge in [0.15, 0.2) is 5.96 Å². The van der Waals surface area contributed by atoms with Gasteiger partial charge in [0.2, 0.25) is 0 Å². The largest absolute Gasteiger partial charge is 0.497 e. The summed E-state index contributed by atoms with van der Waals surface area (Å²) in [5.74, 6) is 1.74. The van der Waals surface area contributed by atoms with Crippen molar-refractivity contribution in [3.05, 3.63) is 45.9 Å². The van der Waals surface area contributed by atoms with E-state index in [1.165, 1.54) is 24.8 Å². The highest BCUT2D eigenvalue weighted by Gasteiger charge is 2.22. The number of piperidine rings is 1. The minimum atomic E-state index is 0.320. The number of aromatic nitrogens is 1. The quantitative estimate of drug-likeness (QED) is 0.511. The highest BCUT2D eigenvalue weighted by atomic mass is 32.1. The predicted octanol–water partition coefficient (Wildman–Crippen LogP) is 3.39. The van der Waals surface area contributed by atoms with Crippen LogP contribution in [0.4, 0.5) is 0 Å². The molecule has 7 heteroatoms. The Morgan fingerprint density at radius 1 is 1.21 bits per heavy atom. The first kappa shape index (κ1) is 21.6. The Hall–Kier alpha value is -2.12. The smallest absolute Gasteiger partial charge is 0.191 e. The summed E-state index contributed by atoms with van der Waals surface area (Å²) in [6.45, 7) is 5.98. The number of aliphatic imine (C=N–C) groups is 1. The molecule has 1 aromatic carbocycles. The van der Waals surface area contributed by atoms with Crippen LogP contribution in [0.1, 0.15) is 41.6 Å². The minimum Gasteiger partial charge on any atom is -0.497 e. The Morgan fingerprint density at radius 3 is 2.59 bits per heavy atom. The van der Waals surface area contributed by atoms with E-state index < -0.39 is 0 Å². The summed E-state index contributed by atoms with van der Waals surface area (Å²) in [4.78, 5) is 11.5. The second-order valence-electron chi connectivity index (χ2n) is 7.37. The molecular formula is C22H33N5OS. The minimum absolute atomic E-state index is 0.320. The second kappa shape index (κ2) is 11.2. The lowest BCUT2D eigenvalue weighted by Gasteiger charge is -2.35. The van der Waals surface area contributed by atoms with Crippen LogP contribution in [0.5, 0.6) is 5.75 Å². The van der Waals surface area contributed by atoms with Gasteiger partial charge in [-0.1, -0.05) is 18.6 Å². The van der Waals surface area contributed by atoms with Gasteiger partial charge in [-0.2, -0.15) is 0 Å². The summed E-state index contributed by atoms with van der Waals surface area (Å²) in [7, 11) is 3.53. The van der Waals surface area contributed by atoms with Crippen LogP contribution in [0.3, 0.4) is 0 Å². The van der Waals surface area contributed by atoms with Crippen molar-refractivity contribution >= 4 is 17.3 Å². The molecule has 0 saturated carbocycles. The Balaban J connectivity index is 1.58. The van der Waals surface area contributed by atoms with Crippen molar-refractivity contribution in [1.82, 2.24) is 20.5 Å². The molecule has 2 N–H and O–H groups in total. The van der Waals surface area contributed by atoms with Crippen molar-refractivity contribution in [2.75, 3.05) is 40.3 Å². The SMILES string of the molecule is CN=C(NCCc1csc(C)n1)NCC(c1ccc(OC)cc1)N1CCCCC1. The maximum Gasteiger partial charge on any atom is 0.191 e. The van der Waals surface area contributed by atoms with E-state index >= 15 is 0 Å². The van der Waals surface area contributed by atoms with E-state index in [0.29, 0.717) is 6.04 Å². The lowest BCUT2D eigenvalue weighted by Crippen LogP contribution is -2.44. The molecule has 1 atom stereocenters. The third kappa shape index (κ3) is 6.44. The van der Waals surface area contributed by atoms with Crippen LogP contribution >= 0.6 is 11.3 Å². The molecule has 0 spiro atoms. The number of likely N-dealkylation sites (tertiary alicyclic amines) is 1. The van der Waals surface area contributed by atoms with Crippen molar-refractivity contribution in [2.45, 2.75) is 38.6 Å². The fourth-order valence-electron chi connectivity index (χ4n) is 3.76. The van der Waals surface area contributed by atoms with Gasteiger partial charge in [0, 0.05) is 31.9 Å². The second-order valence-corrected chi connectivity index (χ2v) is 8.44. The summed E-state index contributed by atoms with van der Waals surface area (Å²) in [6, 6.07) is 8.78. The molecule has 6 nitrogen and oxygen atoms in total. The third-order valence-corrected chi connectivity index (χ3v) is 6.18. The highest BCUT2D eigenvalue weighted by Crippen LogP contribution is 2.25. The van der Waals surface area contributed by atoms with Gasteiger partial charge < -0.3 is 15.4 Å². The van der Waals surface area contributed by atoms with Crippen LogP contribution in [0.25, 0.3) is 0 Å². The third-order valence-electron chi connectivity index (χ3n) is 5.36. The molecular weight excluding hydrogens is 382 g/mol. The fraction of sp³-hybridized carbons (Fsp3) is 0.545. The van der Waals surface area contributed by atoms with Gasteiger partial charge in [-0.25, -0.2) is 4.98 Å². The van der Waals surface area contributed by atoms with E-state index in [9.17, 15) is 0 Å². The van der Waals surface area contributed by atoms with Gasteiger partial charge in [0.1, 0.15) is 5.75 Å². The topological polar surface area (TPSA) is 61.8 Å². The van der Waals surface area contributed by atoms with Crippen molar-refractivity contribution in [2.24, 2.45) is 4.99 Å². The van der Waals surface area contributed by atoms with E-state index in [-0.39, 0.29) is 0 Å². The van der Waals surface area contributed by atoms with Gasteiger partial charge in [-0.3, -0.25) is 9.89 Å². The Bertz CT molecular complexity index is 768. The number of ether oxygens (including phenoxy) is 1. The number of thiazole rings is 1. The van der Waals surface area contributed by atoms with Gasteiger partial charge >= 0.3 is 0 Å². The molecule has 1 aliphatic heterocycles. The van der Waals surface area contributed by atoms with Crippen molar-refractivity contribution in [3.8, 4) is 5.75 Å². The normalized spacial score (nSPS) is 16.4. The number of aryl methyl sites for hydroxylation is 1. The molecule has 29 heavy (non-hydrogen) atoms. The summed E-state index contributed by atoms with van der Waals surface area (Å²) in [5, 5.41) is 10.2. The van der Waals surface area contributed by atoms with Crippen LogP contribution in [-0.4, -0.2) is 56.2 Å². The van der Waals surface area contributed by atoms with E-state index in [4.69, 9.17) is 4.74 Å². The summed E-state index contributed by atoms with van der Waals surface area (Å²) in [6.07, 6.45) is 4.77. The van der Waals surface area contributed by atoms with Gasteiger partial charge in [0.05, 0.1) is 23.9 Å². The average Bonchev–Trinajstić information content (AvgIpc) is 3.18. The van der Waals surface area contributed by atoms with Crippen molar-refractivity contribution in [3.63, 3.8) is 0 Å². The van der Waals surface area contributed by atoms with E-state index in [2.05, 4.69) is 55.2 Å². The van der Waals surface area contributed by atoms with Crippen LogP contribution in [0.15, 0.2) is 34.6 Å². The summed E-state index contributed by atoms with van der Waals surface area (Å²) < 4.78 is 5.33. The van der Waals surface area contributed by atoms with Crippen LogP contribution in [-0.2, 0) is 6.42 Å². The Morgan fingerprint density at radius 2 is 1.97 bits per heavy atom. The molecule has 2 heterocycles. The number of benzene rings is 1. The number of hydrogen-bond acceptors (Lipinski definition) is 5. The van der Waals surface area contributed by atoms with Gasteiger partial charge in [0.25, 0.3) is 0 Å². The Labute approximate surface area is 178 Å². The molecule has 2 aromatic rings. The molecule has 0 radical (unpaired) electrons. The molecule has 1 unspecified atom stereocenters. The molecule has 0 aliphatic carbocycles. The number of nitrogens with one attached hydrogen (secondary N) is 2. The number of rotatable bonds is 8. The molecule has 1 aromatic heterocycles. The molecule has 1 aliphatic rings. The summed E-state index contributed by atoms with van der Waals surface area (Å²) in [5.41, 5.74) is 2.45. The van der Waals surface area contributed by atoms with Crippen LogP contribution < -0.4 is 15.4 Å². The molecule has 0 amide bonds. The zero-order valence-electron chi connectivity index (χ0n) is 17.8. The predicted molar refractivity (Wildman–Crippen MR) is 121 cm³/mol. The molecule has 3 rings (SSSR count). The van der Waals surface area contributed by atoms with Crippen molar-refractivity contribution < 1.29 is 4.74 Å². The number of hydrogen-bond donors (Lipinski definition) is 2. The number of methoxy groups -OCH3 is 1. The average molecular weight is 416 g/mol. The fourth-order valence-corrected chi connectivity index (χ4v) is 4.41. The van der Waals surface area contributed by atoms with Gasteiger partial charge in [-0.05, 0) is 50.6 Å². The standard InChI is InChI=1S/C22H33N5OS/c1-17-26-19(16-29-17)11-12-24-22(23-2)25-15-21(27-13-5-4-6-14-27)18-7-9-20(28-3)10-8-18/h7-10,16,21H,4-6,11-15H2,1-3H3,(H2,23,24,25). The van der Waals surface area contributed by atoms with Crippen molar-refractivity contribution in [1.29, 1.82) is 0 Å². The van der Waals surface area contributed by atoms with Gasteiger partial charge in [-0.15, -0.1) is 11.3 Å². The Kier molecular flexibility index (Phi) is 8.31. The molecule has 1 fully saturated rings. The molecule has 0 bridgehead atoms. The maximum atomic E-state index is 5.33. The van der Waals surface area contributed by atoms with E-state index in [0.717, 1.165) is 55.0 Å². The zero-order valence-corrected chi connectivity index (χ0v) is 18.6. The zero-order chi connectivity index (χ0) is 20.5. The molecule has 1 saturated heterocycles. The van der Waals surface area contributed by atoms with Crippen LogP contribution in [0.2, 0.25) is 0 Å².